The van der Waals surface area contributed by atoms with Crippen molar-refractivity contribution in [3.8, 4) is 0 Å². The number of ether oxygens (including phenoxy) is 1. The monoisotopic (exact) mass is 399 g/mol. The van der Waals surface area contributed by atoms with E-state index in [1.165, 1.54) is 12.1 Å². The van der Waals surface area contributed by atoms with Crippen molar-refractivity contribution in [1.82, 2.24) is 15.0 Å². The molecule has 0 radical (unpaired) electrons. The van der Waals surface area contributed by atoms with E-state index in [1.807, 2.05) is 12.1 Å². The molecule has 28 heavy (non-hydrogen) atoms. The van der Waals surface area contributed by atoms with Crippen LogP contribution in [0.2, 0.25) is 5.02 Å². The van der Waals surface area contributed by atoms with Gasteiger partial charge in [0.05, 0.1) is 13.2 Å². The largest absolute Gasteiger partial charge is 0.378 e. The summed E-state index contributed by atoms with van der Waals surface area (Å²) < 4.78 is 18.6. The number of morpholine rings is 1. The van der Waals surface area contributed by atoms with Crippen LogP contribution < -0.4 is 10.2 Å². The van der Waals surface area contributed by atoms with E-state index in [0.717, 1.165) is 24.3 Å². The highest BCUT2D eigenvalue weighted by atomic mass is 35.5. The van der Waals surface area contributed by atoms with Crippen LogP contribution in [0.3, 0.4) is 0 Å². The highest BCUT2D eigenvalue weighted by Crippen LogP contribution is 2.21. The first-order valence-corrected chi connectivity index (χ1v) is 9.38. The molecule has 1 aromatic heterocycles. The standard InChI is InChI=1S/C20H19ClFN5O/c21-15-2-1-3-17(13-15)23-19-24-18(12-14-4-6-16(22)7-5-14)25-20(26-19)27-8-10-28-11-9-27/h1-7,13H,8-12H2,(H,23,24,25,26). The number of hydrogen-bond donors (Lipinski definition) is 1. The third-order valence-corrected chi connectivity index (χ3v) is 4.56. The Morgan fingerprint density at radius 3 is 2.57 bits per heavy atom. The Hall–Kier alpha value is -2.77. The van der Waals surface area contributed by atoms with Gasteiger partial charge < -0.3 is 15.0 Å². The molecule has 2 heterocycles. The normalized spacial score (nSPS) is 14.1. The number of nitrogens with one attached hydrogen (secondary N) is 1. The van der Waals surface area contributed by atoms with Crippen molar-refractivity contribution in [2.45, 2.75) is 6.42 Å². The Labute approximate surface area is 167 Å². The van der Waals surface area contributed by atoms with Crippen molar-refractivity contribution < 1.29 is 9.13 Å². The van der Waals surface area contributed by atoms with Crippen LogP contribution in [0, 0.1) is 5.82 Å². The maximum absolute atomic E-state index is 13.2. The third kappa shape index (κ3) is 4.74. The van der Waals surface area contributed by atoms with Gasteiger partial charge in [-0.05, 0) is 35.9 Å². The Kier molecular flexibility index (Phi) is 5.64. The molecular formula is C20H19ClFN5O. The molecule has 0 saturated carbocycles. The summed E-state index contributed by atoms with van der Waals surface area (Å²) >= 11 is 6.07. The van der Waals surface area contributed by atoms with Gasteiger partial charge >= 0.3 is 0 Å². The molecule has 1 N–H and O–H groups in total. The second kappa shape index (κ2) is 8.50. The number of rotatable bonds is 5. The summed E-state index contributed by atoms with van der Waals surface area (Å²) in [4.78, 5) is 15.8. The molecule has 1 aliphatic rings. The highest BCUT2D eigenvalue weighted by molar-refractivity contribution is 6.30. The van der Waals surface area contributed by atoms with Crippen LogP contribution in [-0.2, 0) is 11.2 Å². The first-order chi connectivity index (χ1) is 13.7. The lowest BCUT2D eigenvalue weighted by Crippen LogP contribution is -2.37. The fourth-order valence-electron chi connectivity index (χ4n) is 2.93. The van der Waals surface area contributed by atoms with Crippen LogP contribution in [0.4, 0.5) is 22.0 Å². The van der Waals surface area contributed by atoms with Gasteiger partial charge in [0.1, 0.15) is 11.6 Å². The van der Waals surface area contributed by atoms with Crippen LogP contribution in [0.1, 0.15) is 11.4 Å². The summed E-state index contributed by atoms with van der Waals surface area (Å²) in [5, 5.41) is 3.82. The molecule has 0 amide bonds. The van der Waals surface area contributed by atoms with Gasteiger partial charge in [0.25, 0.3) is 0 Å². The molecule has 0 unspecified atom stereocenters. The third-order valence-electron chi connectivity index (χ3n) is 4.32. The smallest absolute Gasteiger partial charge is 0.232 e. The van der Waals surface area contributed by atoms with E-state index in [4.69, 9.17) is 16.3 Å². The quantitative estimate of drug-likeness (QED) is 0.703. The van der Waals surface area contributed by atoms with Gasteiger partial charge in [-0.25, -0.2) is 4.39 Å². The molecule has 1 aliphatic heterocycles. The van der Waals surface area contributed by atoms with Crippen molar-refractivity contribution in [3.05, 3.63) is 70.8 Å². The zero-order valence-corrected chi connectivity index (χ0v) is 15.9. The van der Waals surface area contributed by atoms with Gasteiger partial charge in [-0.1, -0.05) is 29.8 Å². The molecule has 6 nitrogen and oxygen atoms in total. The summed E-state index contributed by atoms with van der Waals surface area (Å²) in [7, 11) is 0. The fourth-order valence-corrected chi connectivity index (χ4v) is 3.12. The van der Waals surface area contributed by atoms with Gasteiger partial charge in [-0.3, -0.25) is 0 Å². The fraction of sp³-hybridized carbons (Fsp3) is 0.250. The van der Waals surface area contributed by atoms with E-state index >= 15 is 0 Å². The zero-order valence-electron chi connectivity index (χ0n) is 15.1. The van der Waals surface area contributed by atoms with E-state index in [9.17, 15) is 4.39 Å². The lowest BCUT2D eigenvalue weighted by Gasteiger charge is -2.27. The van der Waals surface area contributed by atoms with Gasteiger partial charge in [0.2, 0.25) is 11.9 Å². The summed E-state index contributed by atoms with van der Waals surface area (Å²) in [5.41, 5.74) is 1.72. The second-order valence-electron chi connectivity index (χ2n) is 6.41. The van der Waals surface area contributed by atoms with Crippen molar-refractivity contribution in [2.75, 3.05) is 36.5 Å². The summed E-state index contributed by atoms with van der Waals surface area (Å²) in [5.74, 6) is 1.38. The second-order valence-corrected chi connectivity index (χ2v) is 6.85. The summed E-state index contributed by atoms with van der Waals surface area (Å²) in [6.45, 7) is 2.71. The molecule has 4 rings (SSSR count). The molecule has 0 spiro atoms. The van der Waals surface area contributed by atoms with Gasteiger partial charge in [-0.2, -0.15) is 15.0 Å². The maximum Gasteiger partial charge on any atom is 0.232 e. The summed E-state index contributed by atoms with van der Waals surface area (Å²) in [6.07, 6.45) is 0.477. The molecule has 0 aliphatic carbocycles. The van der Waals surface area contributed by atoms with Gasteiger partial charge in [0, 0.05) is 30.2 Å². The van der Waals surface area contributed by atoms with E-state index < -0.39 is 0 Å². The molecule has 2 aromatic carbocycles. The van der Waals surface area contributed by atoms with E-state index in [1.54, 1.807) is 24.3 Å². The first kappa shape index (κ1) is 18.6. The van der Waals surface area contributed by atoms with Crippen molar-refractivity contribution >= 4 is 29.2 Å². The molecular weight excluding hydrogens is 381 g/mol. The minimum absolute atomic E-state index is 0.267. The van der Waals surface area contributed by atoms with Crippen molar-refractivity contribution in [1.29, 1.82) is 0 Å². The van der Waals surface area contributed by atoms with E-state index in [2.05, 4.69) is 25.2 Å². The number of anilines is 3. The predicted molar refractivity (Wildman–Crippen MR) is 107 cm³/mol. The predicted octanol–water partition coefficient (Wildman–Crippen LogP) is 3.84. The van der Waals surface area contributed by atoms with Gasteiger partial charge in [-0.15, -0.1) is 0 Å². The Balaban J connectivity index is 1.64. The first-order valence-electron chi connectivity index (χ1n) is 9.00. The molecule has 144 valence electrons. The van der Waals surface area contributed by atoms with Crippen molar-refractivity contribution in [3.63, 3.8) is 0 Å². The number of aromatic nitrogens is 3. The number of hydrogen-bond acceptors (Lipinski definition) is 6. The molecule has 8 heteroatoms. The molecule has 0 atom stereocenters. The van der Waals surface area contributed by atoms with Crippen LogP contribution >= 0.6 is 11.6 Å². The number of benzene rings is 2. The van der Waals surface area contributed by atoms with Crippen LogP contribution in [0.5, 0.6) is 0 Å². The van der Waals surface area contributed by atoms with E-state index in [0.29, 0.717) is 42.4 Å². The number of nitrogens with zero attached hydrogens (tertiary/aromatic N) is 4. The topological polar surface area (TPSA) is 63.2 Å². The molecule has 1 saturated heterocycles. The molecule has 0 bridgehead atoms. The Bertz CT molecular complexity index is 948. The summed E-state index contributed by atoms with van der Waals surface area (Å²) in [6, 6.07) is 13.7. The molecule has 1 fully saturated rings. The SMILES string of the molecule is Fc1ccc(Cc2nc(Nc3cccc(Cl)c3)nc(N3CCOCC3)n2)cc1. The average molecular weight is 400 g/mol. The highest BCUT2D eigenvalue weighted by Gasteiger charge is 2.17. The zero-order chi connectivity index (χ0) is 19.3. The lowest BCUT2D eigenvalue weighted by molar-refractivity contribution is 0.122. The lowest BCUT2D eigenvalue weighted by atomic mass is 10.1. The minimum Gasteiger partial charge on any atom is -0.378 e. The molecule has 3 aromatic rings. The van der Waals surface area contributed by atoms with E-state index in [-0.39, 0.29) is 5.82 Å². The Morgan fingerprint density at radius 1 is 1.04 bits per heavy atom. The van der Waals surface area contributed by atoms with Crippen molar-refractivity contribution in [2.24, 2.45) is 0 Å². The number of halogens is 2. The average Bonchev–Trinajstić information content (AvgIpc) is 2.70. The van der Waals surface area contributed by atoms with Gasteiger partial charge in [0.15, 0.2) is 0 Å². The van der Waals surface area contributed by atoms with Crippen LogP contribution in [-0.4, -0.2) is 41.3 Å². The van der Waals surface area contributed by atoms with Crippen LogP contribution in [0.15, 0.2) is 48.5 Å². The maximum atomic E-state index is 13.2. The minimum atomic E-state index is -0.267. The van der Waals surface area contributed by atoms with Crippen LogP contribution in [0.25, 0.3) is 0 Å². The Morgan fingerprint density at radius 2 is 1.82 bits per heavy atom.